The van der Waals surface area contributed by atoms with Crippen molar-refractivity contribution in [1.82, 2.24) is 14.9 Å². The minimum absolute atomic E-state index is 0.00559. The molecule has 2 aromatic carbocycles. The summed E-state index contributed by atoms with van der Waals surface area (Å²) in [4.78, 5) is 30.2. The number of thioether (sulfide) groups is 1. The molecule has 29 heavy (non-hydrogen) atoms. The van der Waals surface area contributed by atoms with Gasteiger partial charge in [-0.1, -0.05) is 17.8 Å². The summed E-state index contributed by atoms with van der Waals surface area (Å²) >= 11 is 1.16. The molecule has 0 atom stereocenters. The number of benzene rings is 2. The largest absolute Gasteiger partial charge is 0.497 e. The second-order valence-corrected chi connectivity index (χ2v) is 7.49. The molecule has 0 unspecified atom stereocenters. The van der Waals surface area contributed by atoms with Crippen molar-refractivity contribution in [2.45, 2.75) is 25.0 Å². The summed E-state index contributed by atoms with van der Waals surface area (Å²) < 4.78 is 6.72. The number of ether oxygens (including phenoxy) is 1. The molecule has 0 spiro atoms. The van der Waals surface area contributed by atoms with Crippen molar-refractivity contribution < 1.29 is 9.53 Å². The van der Waals surface area contributed by atoms with Gasteiger partial charge in [0.05, 0.1) is 35.5 Å². The monoisotopic (exact) mass is 408 g/mol. The Morgan fingerprint density at radius 3 is 2.79 bits per heavy atom. The van der Waals surface area contributed by atoms with Crippen LogP contribution < -0.4 is 15.6 Å². The normalized spacial score (nSPS) is 10.7. The predicted molar refractivity (Wildman–Crippen MR) is 113 cm³/mol. The molecule has 0 aliphatic heterocycles. The molecular formula is C21H20N4O3S. The molecule has 148 valence electrons. The Hall–Kier alpha value is -3.31. The van der Waals surface area contributed by atoms with Gasteiger partial charge in [-0.2, -0.15) is 5.26 Å². The van der Waals surface area contributed by atoms with Gasteiger partial charge in [0.1, 0.15) is 5.75 Å². The number of aromatic nitrogens is 2. The van der Waals surface area contributed by atoms with Crippen LogP contribution in [0.1, 0.15) is 24.2 Å². The Bertz CT molecular complexity index is 1160. The van der Waals surface area contributed by atoms with E-state index in [1.807, 2.05) is 13.8 Å². The van der Waals surface area contributed by atoms with Crippen LogP contribution in [-0.2, 0) is 0 Å². The fraction of sp³-hybridized carbons (Fsp3) is 0.238. The number of hydrogen-bond acceptors (Lipinski definition) is 6. The molecule has 0 radical (unpaired) electrons. The molecule has 3 rings (SSSR count). The van der Waals surface area contributed by atoms with Crippen molar-refractivity contribution in [2.75, 3.05) is 12.9 Å². The molecule has 0 saturated heterocycles. The van der Waals surface area contributed by atoms with Gasteiger partial charge in [0.25, 0.3) is 11.5 Å². The van der Waals surface area contributed by atoms with Crippen molar-refractivity contribution in [3.8, 4) is 17.5 Å². The fourth-order valence-corrected chi connectivity index (χ4v) is 3.50. The van der Waals surface area contributed by atoms with Gasteiger partial charge in [-0.05, 0) is 44.2 Å². The Kier molecular flexibility index (Phi) is 6.20. The number of methoxy groups -OCH3 is 1. The topological polar surface area (TPSA) is 97.0 Å². The van der Waals surface area contributed by atoms with E-state index in [1.165, 1.54) is 4.57 Å². The van der Waals surface area contributed by atoms with Crippen LogP contribution in [0.3, 0.4) is 0 Å². The lowest BCUT2D eigenvalue weighted by molar-refractivity contribution is 0.0943. The van der Waals surface area contributed by atoms with E-state index in [0.29, 0.717) is 33.1 Å². The Morgan fingerprint density at radius 1 is 1.31 bits per heavy atom. The van der Waals surface area contributed by atoms with E-state index in [2.05, 4.69) is 16.4 Å². The molecule has 0 bridgehead atoms. The minimum atomic E-state index is -0.278. The van der Waals surface area contributed by atoms with Crippen LogP contribution in [0.4, 0.5) is 0 Å². The van der Waals surface area contributed by atoms with E-state index in [0.717, 1.165) is 11.8 Å². The lowest BCUT2D eigenvalue weighted by Gasteiger charge is -2.14. The Labute approximate surface area is 172 Å². The number of carbonyl (C=O) groups excluding carboxylic acids is 1. The second-order valence-electron chi connectivity index (χ2n) is 6.54. The van der Waals surface area contributed by atoms with Gasteiger partial charge in [-0.3, -0.25) is 14.2 Å². The maximum Gasteiger partial charge on any atom is 0.266 e. The van der Waals surface area contributed by atoms with Gasteiger partial charge in [-0.15, -0.1) is 0 Å². The van der Waals surface area contributed by atoms with Gasteiger partial charge in [0.2, 0.25) is 0 Å². The SMILES string of the molecule is COc1cccc(-n2c(SCC#N)nc3cc(C(=O)NC(C)C)ccc3c2=O)c1. The fourth-order valence-electron chi connectivity index (χ4n) is 2.82. The third-order valence-electron chi connectivity index (χ3n) is 4.10. The standard InChI is InChI=1S/C21H20N4O3S/c1-13(2)23-19(26)14-7-8-17-18(11-14)24-21(29-10-9-22)25(20(17)27)15-5-4-6-16(12-15)28-3/h4-8,11-13H,10H2,1-3H3,(H,23,26). The molecule has 8 heteroatoms. The van der Waals surface area contributed by atoms with Gasteiger partial charge in [0, 0.05) is 17.7 Å². The van der Waals surface area contributed by atoms with Crippen molar-refractivity contribution in [2.24, 2.45) is 0 Å². The van der Waals surface area contributed by atoms with Gasteiger partial charge in [-0.25, -0.2) is 4.98 Å². The highest BCUT2D eigenvalue weighted by molar-refractivity contribution is 7.99. The number of rotatable bonds is 6. The van der Waals surface area contributed by atoms with Crippen molar-refractivity contribution in [1.29, 1.82) is 5.26 Å². The average molecular weight is 408 g/mol. The molecule has 1 aromatic heterocycles. The number of hydrogen-bond donors (Lipinski definition) is 1. The van der Waals surface area contributed by atoms with E-state index < -0.39 is 0 Å². The summed E-state index contributed by atoms with van der Waals surface area (Å²) in [5.41, 5.74) is 1.14. The first kappa shape index (κ1) is 20.4. The summed E-state index contributed by atoms with van der Waals surface area (Å²) in [5.74, 6) is 0.508. The zero-order chi connectivity index (χ0) is 21.0. The summed E-state index contributed by atoms with van der Waals surface area (Å²) in [7, 11) is 1.55. The van der Waals surface area contributed by atoms with Crippen molar-refractivity contribution >= 4 is 28.6 Å². The average Bonchev–Trinajstić information content (AvgIpc) is 2.71. The molecule has 0 fully saturated rings. The summed E-state index contributed by atoms with van der Waals surface area (Å²) in [5, 5.41) is 12.6. The lowest BCUT2D eigenvalue weighted by Crippen LogP contribution is -2.30. The molecule has 7 nitrogen and oxygen atoms in total. The van der Waals surface area contributed by atoms with E-state index in [-0.39, 0.29) is 23.3 Å². The summed E-state index contributed by atoms with van der Waals surface area (Å²) in [6.07, 6.45) is 0. The highest BCUT2D eigenvalue weighted by Gasteiger charge is 2.16. The summed E-state index contributed by atoms with van der Waals surface area (Å²) in [6, 6.07) is 13.9. The highest BCUT2D eigenvalue weighted by Crippen LogP contribution is 2.23. The van der Waals surface area contributed by atoms with E-state index in [4.69, 9.17) is 10.00 Å². The van der Waals surface area contributed by atoms with Crippen LogP contribution >= 0.6 is 11.8 Å². The number of nitrogens with one attached hydrogen (secondary N) is 1. The van der Waals surface area contributed by atoms with Crippen LogP contribution in [-0.4, -0.2) is 34.4 Å². The van der Waals surface area contributed by atoms with Crippen molar-refractivity contribution in [3.63, 3.8) is 0 Å². The highest BCUT2D eigenvalue weighted by atomic mass is 32.2. The first-order chi connectivity index (χ1) is 13.9. The number of fused-ring (bicyclic) bond motifs is 1. The first-order valence-electron chi connectivity index (χ1n) is 8.96. The van der Waals surface area contributed by atoms with Crippen LogP contribution in [0.2, 0.25) is 0 Å². The van der Waals surface area contributed by atoms with Crippen LogP contribution in [0, 0.1) is 11.3 Å². The van der Waals surface area contributed by atoms with Crippen molar-refractivity contribution in [3.05, 3.63) is 58.4 Å². The second kappa shape index (κ2) is 8.80. The van der Waals surface area contributed by atoms with Crippen LogP contribution in [0.15, 0.2) is 52.4 Å². The predicted octanol–water partition coefficient (Wildman–Crippen LogP) is 3.15. The third kappa shape index (κ3) is 4.41. The van der Waals surface area contributed by atoms with Crippen LogP contribution in [0.5, 0.6) is 5.75 Å². The quantitative estimate of drug-likeness (QED) is 0.497. The molecule has 3 aromatic rings. The minimum Gasteiger partial charge on any atom is -0.497 e. The Morgan fingerprint density at radius 2 is 2.10 bits per heavy atom. The number of nitriles is 1. The Balaban J connectivity index is 2.20. The zero-order valence-electron chi connectivity index (χ0n) is 16.3. The molecule has 1 amide bonds. The number of nitrogens with zero attached hydrogens (tertiary/aromatic N) is 3. The van der Waals surface area contributed by atoms with E-state index >= 15 is 0 Å². The number of amides is 1. The van der Waals surface area contributed by atoms with E-state index in [9.17, 15) is 9.59 Å². The lowest BCUT2D eigenvalue weighted by atomic mass is 10.1. The maximum atomic E-state index is 13.3. The molecule has 0 saturated carbocycles. The smallest absolute Gasteiger partial charge is 0.266 e. The maximum absolute atomic E-state index is 13.3. The molecular weight excluding hydrogens is 388 g/mol. The first-order valence-corrected chi connectivity index (χ1v) is 9.95. The van der Waals surface area contributed by atoms with Gasteiger partial charge in [0.15, 0.2) is 5.16 Å². The zero-order valence-corrected chi connectivity index (χ0v) is 17.1. The molecule has 1 N–H and O–H groups in total. The number of carbonyl (C=O) groups is 1. The van der Waals surface area contributed by atoms with Gasteiger partial charge >= 0.3 is 0 Å². The van der Waals surface area contributed by atoms with Gasteiger partial charge < -0.3 is 10.1 Å². The van der Waals surface area contributed by atoms with Crippen LogP contribution in [0.25, 0.3) is 16.6 Å². The molecule has 0 aliphatic carbocycles. The van der Waals surface area contributed by atoms with E-state index in [1.54, 1.807) is 49.6 Å². The molecule has 1 heterocycles. The molecule has 0 aliphatic rings. The third-order valence-corrected chi connectivity index (χ3v) is 4.90. The summed E-state index contributed by atoms with van der Waals surface area (Å²) in [6.45, 7) is 3.75.